The first-order chi connectivity index (χ1) is 8.94. The van der Waals surface area contributed by atoms with Gasteiger partial charge < -0.3 is 9.84 Å². The maximum absolute atomic E-state index is 13.2. The van der Waals surface area contributed by atoms with E-state index in [9.17, 15) is 9.50 Å². The third-order valence-corrected chi connectivity index (χ3v) is 3.07. The third-order valence-electron chi connectivity index (χ3n) is 3.07. The summed E-state index contributed by atoms with van der Waals surface area (Å²) in [5, 5.41) is 14.7. The number of aliphatic hydroxyl groups is 1. The van der Waals surface area contributed by atoms with Crippen LogP contribution < -0.4 is 4.74 Å². The van der Waals surface area contributed by atoms with Crippen molar-refractivity contribution < 1.29 is 14.2 Å². The lowest BCUT2D eigenvalue weighted by atomic mass is 9.92. The van der Waals surface area contributed by atoms with Crippen LogP contribution >= 0.6 is 0 Å². The summed E-state index contributed by atoms with van der Waals surface area (Å²) in [6, 6.07) is 6.20. The highest BCUT2D eigenvalue weighted by atomic mass is 19.1. The maximum atomic E-state index is 13.2. The van der Waals surface area contributed by atoms with Crippen molar-refractivity contribution >= 4 is 0 Å². The average molecular weight is 264 g/mol. The number of aromatic nitrogens is 2. The van der Waals surface area contributed by atoms with Gasteiger partial charge >= 0.3 is 0 Å². The molecule has 1 atom stereocenters. The number of methoxy groups -OCH3 is 1. The number of hydrogen-bond donors (Lipinski definition) is 1. The van der Waals surface area contributed by atoms with Crippen molar-refractivity contribution in [3.63, 3.8) is 0 Å². The van der Waals surface area contributed by atoms with E-state index in [0.717, 1.165) is 0 Å². The topological polar surface area (TPSA) is 47.3 Å². The van der Waals surface area contributed by atoms with Crippen molar-refractivity contribution in [2.75, 3.05) is 7.11 Å². The molecule has 0 saturated heterocycles. The van der Waals surface area contributed by atoms with Crippen molar-refractivity contribution in [1.82, 2.24) is 9.78 Å². The van der Waals surface area contributed by atoms with E-state index in [1.807, 2.05) is 0 Å². The molecule has 0 saturated carbocycles. The second-order valence-corrected chi connectivity index (χ2v) is 4.77. The standard InChI is InChI=1S/C14H17FN2O2/c1-14(18,8-10-5-4-6-11(15)7-10)13-12(19-3)9-16-17(13)2/h4-7,9,18H,8H2,1-3H3. The molecule has 1 N–H and O–H groups in total. The number of nitrogens with zero attached hydrogens (tertiary/aromatic N) is 2. The van der Waals surface area contributed by atoms with E-state index >= 15 is 0 Å². The molecule has 2 aromatic rings. The normalized spacial score (nSPS) is 14.2. The van der Waals surface area contributed by atoms with Crippen LogP contribution in [0.3, 0.4) is 0 Å². The SMILES string of the molecule is COc1cnn(C)c1C(C)(O)Cc1cccc(F)c1. The van der Waals surface area contributed by atoms with Crippen molar-refractivity contribution in [3.8, 4) is 5.75 Å². The Balaban J connectivity index is 2.34. The second-order valence-electron chi connectivity index (χ2n) is 4.77. The van der Waals surface area contributed by atoms with Crippen LogP contribution in [0.15, 0.2) is 30.5 Å². The van der Waals surface area contributed by atoms with Crippen LogP contribution in [0.4, 0.5) is 4.39 Å². The molecule has 0 spiro atoms. The van der Waals surface area contributed by atoms with E-state index in [1.54, 1.807) is 37.0 Å². The molecule has 1 unspecified atom stereocenters. The Kier molecular flexibility index (Phi) is 3.57. The summed E-state index contributed by atoms with van der Waals surface area (Å²) >= 11 is 0. The molecule has 1 aromatic carbocycles. The molecule has 5 heteroatoms. The quantitative estimate of drug-likeness (QED) is 0.919. The van der Waals surface area contributed by atoms with Gasteiger partial charge in [0.1, 0.15) is 17.1 Å². The number of benzene rings is 1. The first-order valence-electron chi connectivity index (χ1n) is 5.97. The van der Waals surface area contributed by atoms with Crippen LogP contribution in [-0.2, 0) is 19.1 Å². The van der Waals surface area contributed by atoms with Gasteiger partial charge in [0.05, 0.1) is 13.3 Å². The molecule has 2 rings (SSSR count). The Morgan fingerprint density at radius 2 is 2.21 bits per heavy atom. The summed E-state index contributed by atoms with van der Waals surface area (Å²) in [5.74, 6) is 0.203. The molecule has 1 aromatic heterocycles. The van der Waals surface area contributed by atoms with E-state index in [2.05, 4.69) is 5.10 Å². The number of aryl methyl sites for hydroxylation is 1. The largest absolute Gasteiger partial charge is 0.493 e. The van der Waals surface area contributed by atoms with Crippen LogP contribution in [0.2, 0.25) is 0 Å². The average Bonchev–Trinajstić information content (AvgIpc) is 2.70. The molecule has 1 heterocycles. The molecule has 4 nitrogen and oxygen atoms in total. The fourth-order valence-electron chi connectivity index (χ4n) is 2.31. The van der Waals surface area contributed by atoms with Crippen molar-refractivity contribution in [2.24, 2.45) is 7.05 Å². The lowest BCUT2D eigenvalue weighted by Crippen LogP contribution is -2.28. The van der Waals surface area contributed by atoms with Crippen LogP contribution in [0.5, 0.6) is 5.75 Å². The summed E-state index contributed by atoms with van der Waals surface area (Å²) in [6.07, 6.45) is 1.83. The summed E-state index contributed by atoms with van der Waals surface area (Å²) in [4.78, 5) is 0. The predicted molar refractivity (Wildman–Crippen MR) is 69.4 cm³/mol. The van der Waals surface area contributed by atoms with Gasteiger partial charge in [0.25, 0.3) is 0 Å². The lowest BCUT2D eigenvalue weighted by Gasteiger charge is -2.24. The van der Waals surface area contributed by atoms with Crippen molar-refractivity contribution in [3.05, 3.63) is 47.5 Å². The molecule has 0 aliphatic rings. The number of hydrogen-bond acceptors (Lipinski definition) is 3. The highest BCUT2D eigenvalue weighted by molar-refractivity contribution is 5.32. The van der Waals surface area contributed by atoms with Crippen molar-refractivity contribution in [1.29, 1.82) is 0 Å². The Morgan fingerprint density at radius 3 is 2.84 bits per heavy atom. The highest BCUT2D eigenvalue weighted by Gasteiger charge is 2.31. The number of rotatable bonds is 4. The Bertz CT molecular complexity index is 579. The van der Waals surface area contributed by atoms with E-state index in [0.29, 0.717) is 17.0 Å². The van der Waals surface area contributed by atoms with Gasteiger partial charge in [-0.2, -0.15) is 5.10 Å². The summed E-state index contributed by atoms with van der Waals surface area (Å²) < 4.78 is 19.9. The third kappa shape index (κ3) is 2.76. The molecule has 19 heavy (non-hydrogen) atoms. The zero-order chi connectivity index (χ0) is 14.0. The zero-order valence-corrected chi connectivity index (χ0v) is 11.2. The minimum absolute atomic E-state index is 0.278. The molecule has 0 aliphatic carbocycles. The smallest absolute Gasteiger partial charge is 0.162 e. The second kappa shape index (κ2) is 5.01. The van der Waals surface area contributed by atoms with Gasteiger partial charge in [-0.15, -0.1) is 0 Å². The maximum Gasteiger partial charge on any atom is 0.162 e. The zero-order valence-electron chi connectivity index (χ0n) is 11.2. The first-order valence-corrected chi connectivity index (χ1v) is 5.97. The number of ether oxygens (including phenoxy) is 1. The molecule has 0 radical (unpaired) electrons. The van der Waals surface area contributed by atoms with E-state index in [-0.39, 0.29) is 12.2 Å². The van der Waals surface area contributed by atoms with Gasteiger partial charge in [0.15, 0.2) is 5.75 Å². The summed E-state index contributed by atoms with van der Waals surface area (Å²) in [5.41, 5.74) is 0.0946. The van der Waals surface area contributed by atoms with Gasteiger partial charge in [-0.3, -0.25) is 4.68 Å². The van der Waals surface area contributed by atoms with Crippen LogP contribution in [0.1, 0.15) is 18.2 Å². The molecule has 0 fully saturated rings. The van der Waals surface area contributed by atoms with E-state index < -0.39 is 5.60 Å². The molecular weight excluding hydrogens is 247 g/mol. The fraction of sp³-hybridized carbons (Fsp3) is 0.357. The predicted octanol–water partition coefficient (Wildman–Crippen LogP) is 2.02. The van der Waals surface area contributed by atoms with Crippen LogP contribution in [0.25, 0.3) is 0 Å². The Morgan fingerprint density at radius 1 is 1.47 bits per heavy atom. The fourth-order valence-corrected chi connectivity index (χ4v) is 2.31. The molecule has 0 bridgehead atoms. The lowest BCUT2D eigenvalue weighted by molar-refractivity contribution is 0.0463. The van der Waals surface area contributed by atoms with E-state index in [4.69, 9.17) is 4.74 Å². The van der Waals surface area contributed by atoms with Gasteiger partial charge in [-0.05, 0) is 24.6 Å². The molecule has 0 aliphatic heterocycles. The monoisotopic (exact) mass is 264 g/mol. The minimum Gasteiger partial charge on any atom is -0.493 e. The highest BCUT2D eigenvalue weighted by Crippen LogP contribution is 2.32. The molecule has 102 valence electrons. The Hall–Kier alpha value is -1.88. The molecule has 0 amide bonds. The minimum atomic E-state index is -1.19. The van der Waals surface area contributed by atoms with Gasteiger partial charge in [0, 0.05) is 13.5 Å². The summed E-state index contributed by atoms with van der Waals surface area (Å²) in [6.45, 7) is 1.66. The molecular formula is C14H17FN2O2. The first kappa shape index (κ1) is 13.5. The van der Waals surface area contributed by atoms with Crippen LogP contribution in [-0.4, -0.2) is 22.0 Å². The van der Waals surface area contributed by atoms with Crippen molar-refractivity contribution in [2.45, 2.75) is 18.9 Å². The summed E-state index contributed by atoms with van der Waals surface area (Å²) in [7, 11) is 3.26. The van der Waals surface area contributed by atoms with Gasteiger partial charge in [0.2, 0.25) is 0 Å². The van der Waals surface area contributed by atoms with Gasteiger partial charge in [-0.1, -0.05) is 12.1 Å². The number of halogens is 1. The van der Waals surface area contributed by atoms with Gasteiger partial charge in [-0.25, -0.2) is 4.39 Å². The van der Waals surface area contributed by atoms with E-state index in [1.165, 1.54) is 19.2 Å². The Labute approximate surface area is 111 Å². The van der Waals surface area contributed by atoms with Crippen LogP contribution in [0, 0.1) is 5.82 Å².